The van der Waals surface area contributed by atoms with Crippen LogP contribution in [-0.4, -0.2) is 90.4 Å². The summed E-state index contributed by atoms with van der Waals surface area (Å²) in [6.45, 7) is 3.53. The zero-order chi connectivity index (χ0) is 19.3. The largest absolute Gasteiger partial charge is 0.355 e. The Morgan fingerprint density at radius 1 is 1.37 bits per heavy atom. The Bertz CT molecular complexity index is 742. The molecule has 0 aromatic carbocycles. The van der Waals surface area contributed by atoms with Crippen molar-refractivity contribution in [2.75, 3.05) is 57.0 Å². The van der Waals surface area contributed by atoms with Gasteiger partial charge in [-0.05, 0) is 24.3 Å². The summed E-state index contributed by atoms with van der Waals surface area (Å²) in [4.78, 5) is 6.58. The Hall–Kier alpha value is -1.26. The minimum Gasteiger partial charge on any atom is -0.355 e. The summed E-state index contributed by atoms with van der Waals surface area (Å²) in [5.41, 5.74) is 1.26. The van der Waals surface area contributed by atoms with Crippen LogP contribution in [0.15, 0.2) is 17.4 Å². The number of aryl methyl sites for hydroxylation is 1. The number of aromatic nitrogens is 2. The maximum atomic E-state index is 12.4. The molecule has 3 heterocycles. The topological polar surface area (TPSA) is 82.8 Å². The van der Waals surface area contributed by atoms with Gasteiger partial charge < -0.3 is 10.2 Å². The van der Waals surface area contributed by atoms with E-state index in [1.54, 1.807) is 11.4 Å². The van der Waals surface area contributed by atoms with Gasteiger partial charge in [-0.25, -0.2) is 12.7 Å². The summed E-state index contributed by atoms with van der Waals surface area (Å²) >= 11 is 1.81. The van der Waals surface area contributed by atoms with E-state index in [9.17, 15) is 8.42 Å². The van der Waals surface area contributed by atoms with E-state index in [-0.39, 0.29) is 5.75 Å². The Morgan fingerprint density at radius 3 is 2.81 bits per heavy atom. The normalized spacial score (nSPS) is 22.4. The maximum Gasteiger partial charge on any atom is 0.215 e. The smallest absolute Gasteiger partial charge is 0.215 e. The van der Waals surface area contributed by atoms with E-state index in [0.717, 1.165) is 43.4 Å². The van der Waals surface area contributed by atoms with Crippen LogP contribution in [0.4, 0.5) is 0 Å². The summed E-state index contributed by atoms with van der Waals surface area (Å²) < 4.78 is 28.4. The molecule has 1 unspecified atom stereocenters. The van der Waals surface area contributed by atoms with Crippen molar-refractivity contribution in [3.05, 3.63) is 18.0 Å². The molecule has 10 heteroatoms. The van der Waals surface area contributed by atoms with Crippen LogP contribution in [0, 0.1) is 5.92 Å². The number of hydrogen-bond donors (Lipinski definition) is 1. The van der Waals surface area contributed by atoms with Crippen LogP contribution in [0.1, 0.15) is 12.0 Å². The molecule has 3 rings (SSSR count). The zero-order valence-corrected chi connectivity index (χ0v) is 17.8. The number of nitrogens with zero attached hydrogens (tertiary/aromatic N) is 5. The van der Waals surface area contributed by atoms with E-state index in [2.05, 4.69) is 26.5 Å². The lowest BCUT2D eigenvalue weighted by atomic mass is 10.0. The third-order valence-corrected chi connectivity index (χ3v) is 7.90. The SMILES string of the molecule is CN=C(NCCS(=O)(=O)N1CCSCC1)N1CCC(Cc2cnn(C)c2)C1. The van der Waals surface area contributed by atoms with Crippen molar-refractivity contribution >= 4 is 27.7 Å². The second-order valence-corrected chi connectivity index (χ2v) is 10.4. The molecule has 2 fully saturated rings. The lowest BCUT2D eigenvalue weighted by molar-refractivity contribution is 0.441. The van der Waals surface area contributed by atoms with Gasteiger partial charge in [0.2, 0.25) is 10.0 Å². The summed E-state index contributed by atoms with van der Waals surface area (Å²) in [5, 5.41) is 7.48. The fraction of sp³-hybridized carbons (Fsp3) is 0.765. The molecule has 27 heavy (non-hydrogen) atoms. The maximum absolute atomic E-state index is 12.4. The van der Waals surface area contributed by atoms with Crippen LogP contribution >= 0.6 is 11.8 Å². The van der Waals surface area contributed by atoms with Crippen LogP contribution in [0.25, 0.3) is 0 Å². The number of likely N-dealkylation sites (tertiary alicyclic amines) is 1. The molecule has 0 spiro atoms. The van der Waals surface area contributed by atoms with Gasteiger partial charge in [-0.3, -0.25) is 9.67 Å². The number of rotatable bonds is 6. The highest BCUT2D eigenvalue weighted by atomic mass is 32.2. The molecule has 8 nitrogen and oxygen atoms in total. The molecule has 0 aliphatic carbocycles. The van der Waals surface area contributed by atoms with E-state index >= 15 is 0 Å². The molecule has 1 N–H and O–H groups in total. The second-order valence-electron chi connectivity index (χ2n) is 7.13. The van der Waals surface area contributed by atoms with Gasteiger partial charge in [0.1, 0.15) is 0 Å². The minimum absolute atomic E-state index is 0.115. The first-order chi connectivity index (χ1) is 13.0. The molecule has 1 aromatic heterocycles. The van der Waals surface area contributed by atoms with Crippen molar-refractivity contribution in [3.63, 3.8) is 0 Å². The van der Waals surface area contributed by atoms with Crippen LogP contribution in [0.3, 0.4) is 0 Å². The molecule has 2 aliphatic rings. The van der Waals surface area contributed by atoms with Gasteiger partial charge >= 0.3 is 0 Å². The van der Waals surface area contributed by atoms with Crippen LogP contribution in [0.5, 0.6) is 0 Å². The molecular weight excluding hydrogens is 384 g/mol. The predicted octanol–water partition coefficient (Wildman–Crippen LogP) is 0.239. The first-order valence-corrected chi connectivity index (χ1v) is 12.2. The third-order valence-electron chi connectivity index (χ3n) is 5.09. The number of thioether (sulfide) groups is 1. The molecule has 0 radical (unpaired) electrons. The van der Waals surface area contributed by atoms with Gasteiger partial charge in [-0.2, -0.15) is 16.9 Å². The molecule has 0 amide bonds. The van der Waals surface area contributed by atoms with Gasteiger partial charge in [-0.15, -0.1) is 0 Å². The van der Waals surface area contributed by atoms with Gasteiger partial charge in [0, 0.05) is 64.5 Å². The van der Waals surface area contributed by atoms with E-state index in [1.807, 2.05) is 29.7 Å². The van der Waals surface area contributed by atoms with E-state index in [0.29, 0.717) is 25.6 Å². The number of aliphatic imine (C=N–C) groups is 1. The van der Waals surface area contributed by atoms with Gasteiger partial charge in [0.15, 0.2) is 5.96 Å². The highest BCUT2D eigenvalue weighted by Gasteiger charge is 2.27. The van der Waals surface area contributed by atoms with Crippen LogP contribution in [0.2, 0.25) is 0 Å². The fourth-order valence-electron chi connectivity index (χ4n) is 3.68. The Labute approximate surface area is 166 Å². The van der Waals surface area contributed by atoms with Crippen molar-refractivity contribution in [3.8, 4) is 0 Å². The lowest BCUT2D eigenvalue weighted by Gasteiger charge is -2.26. The molecule has 0 bridgehead atoms. The average molecular weight is 415 g/mol. The molecular formula is C17H30N6O2S2. The Kier molecular flexibility index (Phi) is 7.04. The first kappa shape index (κ1) is 20.5. The van der Waals surface area contributed by atoms with Gasteiger partial charge in [-0.1, -0.05) is 0 Å². The van der Waals surface area contributed by atoms with Crippen molar-refractivity contribution < 1.29 is 8.42 Å². The summed E-state index contributed by atoms with van der Waals surface area (Å²) in [6, 6.07) is 0. The van der Waals surface area contributed by atoms with E-state index in [4.69, 9.17) is 0 Å². The zero-order valence-electron chi connectivity index (χ0n) is 16.2. The minimum atomic E-state index is -3.19. The van der Waals surface area contributed by atoms with Gasteiger partial charge in [0.05, 0.1) is 11.9 Å². The van der Waals surface area contributed by atoms with Gasteiger partial charge in [0.25, 0.3) is 0 Å². The predicted molar refractivity (Wildman–Crippen MR) is 111 cm³/mol. The number of guanidine groups is 1. The molecule has 0 saturated carbocycles. The van der Waals surface area contributed by atoms with Crippen molar-refractivity contribution in [2.45, 2.75) is 12.8 Å². The molecule has 2 saturated heterocycles. The Balaban J connectivity index is 1.45. The first-order valence-electron chi connectivity index (χ1n) is 9.46. The Morgan fingerprint density at radius 2 is 2.15 bits per heavy atom. The second kappa shape index (κ2) is 9.29. The van der Waals surface area contributed by atoms with E-state index < -0.39 is 10.0 Å². The number of nitrogens with one attached hydrogen (secondary N) is 1. The third kappa shape index (κ3) is 5.61. The van der Waals surface area contributed by atoms with Crippen molar-refractivity contribution in [1.29, 1.82) is 0 Å². The molecule has 152 valence electrons. The van der Waals surface area contributed by atoms with Crippen LogP contribution in [-0.2, 0) is 23.5 Å². The van der Waals surface area contributed by atoms with Crippen molar-refractivity contribution in [2.24, 2.45) is 18.0 Å². The lowest BCUT2D eigenvalue weighted by Crippen LogP contribution is -2.45. The van der Waals surface area contributed by atoms with Crippen molar-refractivity contribution in [1.82, 2.24) is 24.3 Å². The summed E-state index contributed by atoms with van der Waals surface area (Å²) in [5.74, 6) is 3.26. The highest BCUT2D eigenvalue weighted by Crippen LogP contribution is 2.20. The standard InChI is InChI=1S/C17H30N6O2S2/c1-18-17(19-4-10-27(24,25)23-6-8-26-9-7-23)22-5-3-15(14-22)11-16-12-20-21(2)13-16/h12-13,15H,3-11,14H2,1-2H3,(H,18,19). The highest BCUT2D eigenvalue weighted by molar-refractivity contribution is 7.99. The quantitative estimate of drug-likeness (QED) is 0.530. The monoisotopic (exact) mass is 414 g/mol. The number of hydrogen-bond acceptors (Lipinski definition) is 5. The molecule has 2 aliphatic heterocycles. The fourth-order valence-corrected chi connectivity index (χ4v) is 6.17. The summed E-state index contributed by atoms with van der Waals surface area (Å²) in [6.07, 6.45) is 6.13. The van der Waals surface area contributed by atoms with E-state index in [1.165, 1.54) is 5.56 Å². The summed E-state index contributed by atoms with van der Waals surface area (Å²) in [7, 11) is 0.509. The number of sulfonamides is 1. The molecule has 1 aromatic rings. The molecule has 1 atom stereocenters. The van der Waals surface area contributed by atoms with Crippen LogP contribution < -0.4 is 5.32 Å². The average Bonchev–Trinajstić information content (AvgIpc) is 3.29.